The smallest absolute Gasteiger partial charge is 0.222 e. The minimum atomic E-state index is 0.244. The van der Waals surface area contributed by atoms with Crippen LogP contribution in [0.4, 0.5) is 5.69 Å². The number of alkyl halides is 1. The Morgan fingerprint density at radius 3 is 2.45 bits per heavy atom. The van der Waals surface area contributed by atoms with Gasteiger partial charge in [0.2, 0.25) is 5.91 Å². The lowest BCUT2D eigenvalue weighted by molar-refractivity contribution is -0.131. The minimum absolute atomic E-state index is 0.244. The van der Waals surface area contributed by atoms with Gasteiger partial charge in [0.05, 0.1) is 10.7 Å². The van der Waals surface area contributed by atoms with Crippen molar-refractivity contribution >= 4 is 34.8 Å². The van der Waals surface area contributed by atoms with E-state index in [0.29, 0.717) is 12.3 Å². The van der Waals surface area contributed by atoms with Gasteiger partial charge >= 0.3 is 0 Å². The fourth-order valence-electron chi connectivity index (χ4n) is 2.43. The van der Waals surface area contributed by atoms with Gasteiger partial charge < -0.3 is 9.80 Å². The molecule has 0 unspecified atom stereocenters. The van der Waals surface area contributed by atoms with Crippen LogP contribution in [0.25, 0.3) is 0 Å². The van der Waals surface area contributed by atoms with Crippen LogP contribution in [0, 0.1) is 0 Å². The molecule has 20 heavy (non-hydrogen) atoms. The van der Waals surface area contributed by atoms with Crippen molar-refractivity contribution in [2.24, 2.45) is 0 Å². The van der Waals surface area contributed by atoms with Gasteiger partial charge in [0.1, 0.15) is 0 Å². The lowest BCUT2D eigenvalue weighted by atomic mass is 10.2. The highest BCUT2D eigenvalue weighted by molar-refractivity contribution is 6.33. The van der Waals surface area contributed by atoms with Crippen LogP contribution in [0.15, 0.2) is 24.3 Å². The predicted molar refractivity (Wildman–Crippen MR) is 84.8 cm³/mol. The summed E-state index contributed by atoms with van der Waals surface area (Å²) in [5, 5.41) is 0.773. The van der Waals surface area contributed by atoms with Crippen LogP contribution >= 0.6 is 23.2 Å². The molecule has 0 N–H and O–H groups in total. The number of carbonyl (C=O) groups is 1. The van der Waals surface area contributed by atoms with E-state index in [2.05, 4.69) is 4.90 Å². The SMILES string of the molecule is O=C(CCCCCl)N1CCN(c2ccccc2Cl)CC1. The van der Waals surface area contributed by atoms with Crippen LogP contribution in [0.5, 0.6) is 0 Å². The topological polar surface area (TPSA) is 23.6 Å². The first-order valence-electron chi connectivity index (χ1n) is 7.05. The van der Waals surface area contributed by atoms with E-state index in [0.717, 1.165) is 49.7 Å². The zero-order valence-corrected chi connectivity index (χ0v) is 13.0. The van der Waals surface area contributed by atoms with Crippen molar-refractivity contribution in [1.29, 1.82) is 0 Å². The van der Waals surface area contributed by atoms with Crippen LogP contribution in [-0.2, 0) is 4.79 Å². The Kier molecular flexibility index (Phi) is 5.99. The molecule has 0 saturated carbocycles. The molecule has 1 saturated heterocycles. The van der Waals surface area contributed by atoms with Gasteiger partial charge in [-0.2, -0.15) is 0 Å². The number of carbonyl (C=O) groups excluding carboxylic acids is 1. The van der Waals surface area contributed by atoms with Gasteiger partial charge in [-0.25, -0.2) is 0 Å². The van der Waals surface area contributed by atoms with Crippen LogP contribution < -0.4 is 4.90 Å². The van der Waals surface area contributed by atoms with Crippen LogP contribution in [0.1, 0.15) is 19.3 Å². The molecule has 0 atom stereocenters. The summed E-state index contributed by atoms with van der Waals surface area (Å²) in [6, 6.07) is 7.86. The van der Waals surface area contributed by atoms with Gasteiger partial charge in [-0.15, -0.1) is 11.6 Å². The van der Waals surface area contributed by atoms with Crippen molar-refractivity contribution in [3.63, 3.8) is 0 Å². The van der Waals surface area contributed by atoms with Crippen molar-refractivity contribution in [3.8, 4) is 0 Å². The highest BCUT2D eigenvalue weighted by atomic mass is 35.5. The monoisotopic (exact) mass is 314 g/mol. The molecule has 5 heteroatoms. The summed E-state index contributed by atoms with van der Waals surface area (Å²) in [7, 11) is 0. The molecular formula is C15H20Cl2N2O. The zero-order chi connectivity index (χ0) is 14.4. The average molecular weight is 315 g/mol. The number of hydrogen-bond donors (Lipinski definition) is 0. The van der Waals surface area contributed by atoms with Crippen molar-refractivity contribution in [3.05, 3.63) is 29.3 Å². The van der Waals surface area contributed by atoms with E-state index >= 15 is 0 Å². The molecular weight excluding hydrogens is 295 g/mol. The molecule has 0 radical (unpaired) electrons. The number of nitrogens with zero attached hydrogens (tertiary/aromatic N) is 2. The Labute approximate surface area is 130 Å². The summed E-state index contributed by atoms with van der Waals surface area (Å²) in [6.45, 7) is 3.21. The molecule has 1 aromatic carbocycles. The highest BCUT2D eigenvalue weighted by Crippen LogP contribution is 2.26. The van der Waals surface area contributed by atoms with E-state index in [-0.39, 0.29) is 5.91 Å². The number of benzene rings is 1. The molecule has 110 valence electrons. The quantitative estimate of drug-likeness (QED) is 0.614. The lowest BCUT2D eigenvalue weighted by Gasteiger charge is -2.36. The first kappa shape index (κ1) is 15.5. The molecule has 3 nitrogen and oxygen atoms in total. The normalized spacial score (nSPS) is 15.5. The Bertz CT molecular complexity index is 445. The summed E-state index contributed by atoms with van der Waals surface area (Å²) in [4.78, 5) is 16.2. The predicted octanol–water partition coefficient (Wildman–Crippen LogP) is 3.40. The second-order valence-corrected chi connectivity index (χ2v) is 5.75. The molecule has 2 rings (SSSR count). The maximum absolute atomic E-state index is 12.0. The number of unbranched alkanes of at least 4 members (excludes halogenated alkanes) is 1. The van der Waals surface area contributed by atoms with Crippen LogP contribution in [-0.4, -0.2) is 42.9 Å². The van der Waals surface area contributed by atoms with Crippen molar-refractivity contribution < 1.29 is 4.79 Å². The maximum atomic E-state index is 12.0. The molecule has 1 aliphatic heterocycles. The number of anilines is 1. The van der Waals surface area contributed by atoms with Gasteiger partial charge in [-0.3, -0.25) is 4.79 Å². The Hall–Kier alpha value is -0.930. The number of amides is 1. The fraction of sp³-hybridized carbons (Fsp3) is 0.533. The third kappa shape index (κ3) is 4.03. The number of hydrogen-bond acceptors (Lipinski definition) is 2. The van der Waals surface area contributed by atoms with E-state index in [4.69, 9.17) is 23.2 Å². The average Bonchev–Trinajstić information content (AvgIpc) is 2.48. The molecule has 0 spiro atoms. The fourth-order valence-corrected chi connectivity index (χ4v) is 2.88. The largest absolute Gasteiger partial charge is 0.367 e. The van der Waals surface area contributed by atoms with Crippen LogP contribution in [0.2, 0.25) is 5.02 Å². The molecule has 1 aromatic rings. The first-order chi connectivity index (χ1) is 9.72. The van der Waals surface area contributed by atoms with E-state index in [1.54, 1.807) is 0 Å². The molecule has 0 bridgehead atoms. The van der Waals surface area contributed by atoms with E-state index in [9.17, 15) is 4.79 Å². The summed E-state index contributed by atoms with van der Waals surface area (Å²) in [5.41, 5.74) is 1.06. The van der Waals surface area contributed by atoms with Gasteiger partial charge in [0, 0.05) is 38.5 Å². The zero-order valence-electron chi connectivity index (χ0n) is 11.5. The number of halogens is 2. The standard InChI is InChI=1S/C15H20Cl2N2O/c16-8-4-3-7-15(20)19-11-9-18(10-12-19)14-6-2-1-5-13(14)17/h1-2,5-6H,3-4,7-12H2. The van der Waals surface area contributed by atoms with Crippen LogP contribution in [0.3, 0.4) is 0 Å². The maximum Gasteiger partial charge on any atom is 0.222 e. The number of rotatable bonds is 5. The molecule has 1 heterocycles. The third-order valence-corrected chi connectivity index (χ3v) is 4.19. The molecule has 0 aromatic heterocycles. The second-order valence-electron chi connectivity index (χ2n) is 4.97. The minimum Gasteiger partial charge on any atom is -0.367 e. The Balaban J connectivity index is 1.83. The number of piperazine rings is 1. The second kappa shape index (κ2) is 7.75. The van der Waals surface area contributed by atoms with Gasteiger partial charge in [-0.1, -0.05) is 23.7 Å². The Morgan fingerprint density at radius 2 is 1.80 bits per heavy atom. The molecule has 1 fully saturated rings. The molecule has 0 aliphatic carbocycles. The molecule has 1 amide bonds. The van der Waals surface area contributed by atoms with Crippen molar-refractivity contribution in [2.75, 3.05) is 37.0 Å². The van der Waals surface area contributed by atoms with E-state index < -0.39 is 0 Å². The first-order valence-corrected chi connectivity index (χ1v) is 7.97. The highest BCUT2D eigenvalue weighted by Gasteiger charge is 2.21. The third-order valence-electron chi connectivity index (χ3n) is 3.60. The Morgan fingerprint density at radius 1 is 1.10 bits per heavy atom. The summed E-state index contributed by atoms with van der Waals surface area (Å²) in [5.74, 6) is 0.877. The summed E-state index contributed by atoms with van der Waals surface area (Å²) in [6.07, 6.45) is 2.40. The summed E-state index contributed by atoms with van der Waals surface area (Å²) < 4.78 is 0. The lowest BCUT2D eigenvalue weighted by Crippen LogP contribution is -2.48. The van der Waals surface area contributed by atoms with Crippen molar-refractivity contribution in [2.45, 2.75) is 19.3 Å². The van der Waals surface area contributed by atoms with E-state index in [1.807, 2.05) is 29.2 Å². The van der Waals surface area contributed by atoms with E-state index in [1.165, 1.54) is 0 Å². The van der Waals surface area contributed by atoms with Gasteiger partial charge in [0.15, 0.2) is 0 Å². The summed E-state index contributed by atoms with van der Waals surface area (Å²) >= 11 is 11.8. The number of para-hydroxylation sites is 1. The van der Waals surface area contributed by atoms with Gasteiger partial charge in [-0.05, 0) is 25.0 Å². The van der Waals surface area contributed by atoms with Gasteiger partial charge in [0.25, 0.3) is 0 Å². The van der Waals surface area contributed by atoms with Crippen molar-refractivity contribution in [1.82, 2.24) is 4.90 Å². The molecule has 1 aliphatic rings.